The second-order valence-corrected chi connectivity index (χ2v) is 23.2. The standard InChI is InChI=1S/2C20H23NO3.2C18H24O2/c2*1-13(11-17-6-4-5-14(2)15(17)3)12-19(22)21-18-9-7-16(8-10-18)20(23)24;2*1-13(7-5-8-14(2)12-18(19)20)11-17-10-6-9-15(3)16(17)4/h2*7-12H,4-6H2,1-3H3,(H,21,22)(H,23,24);2*5,7-8,11-12H,6,9-10H2,1-4H3,(H,19,20)/b13-12+,17-11+;13-12-,17-11+;8-5+,13-7+,14-12+,17-11+;8-5+,13-7-,14-12+,17-11+. The largest absolute Gasteiger partial charge is 0.478 e. The van der Waals surface area contributed by atoms with Crippen molar-refractivity contribution in [2.75, 3.05) is 10.6 Å². The highest BCUT2D eigenvalue weighted by molar-refractivity contribution is 6.01. The third kappa shape index (κ3) is 27.6. The van der Waals surface area contributed by atoms with E-state index in [-0.39, 0.29) is 22.9 Å². The Morgan fingerprint density at radius 1 is 0.352 bits per heavy atom. The van der Waals surface area contributed by atoms with E-state index in [2.05, 4.69) is 104 Å². The van der Waals surface area contributed by atoms with Crippen LogP contribution < -0.4 is 10.6 Å². The Labute approximate surface area is 523 Å². The van der Waals surface area contributed by atoms with Gasteiger partial charge in [-0.2, -0.15) is 0 Å². The van der Waals surface area contributed by atoms with Crippen molar-refractivity contribution in [1.82, 2.24) is 0 Å². The maximum Gasteiger partial charge on any atom is 0.335 e. The third-order valence-electron chi connectivity index (χ3n) is 15.7. The van der Waals surface area contributed by atoms with Crippen LogP contribution in [0.2, 0.25) is 0 Å². The van der Waals surface area contributed by atoms with Crippen molar-refractivity contribution in [3.63, 3.8) is 0 Å². The molecule has 12 heteroatoms. The van der Waals surface area contributed by atoms with E-state index in [0.29, 0.717) is 11.4 Å². The highest BCUT2D eigenvalue weighted by atomic mass is 16.4. The van der Waals surface area contributed by atoms with Gasteiger partial charge in [0.1, 0.15) is 0 Å². The van der Waals surface area contributed by atoms with Crippen LogP contribution in [0.1, 0.15) is 195 Å². The molecule has 0 unspecified atom stereocenters. The molecule has 12 nitrogen and oxygen atoms in total. The summed E-state index contributed by atoms with van der Waals surface area (Å²) in [6.45, 7) is 29.0. The number of aromatic carboxylic acids is 2. The van der Waals surface area contributed by atoms with Gasteiger partial charge in [0, 0.05) is 35.7 Å². The van der Waals surface area contributed by atoms with E-state index in [1.54, 1.807) is 50.3 Å². The molecule has 6 N–H and O–H groups in total. The molecule has 4 aliphatic carbocycles. The molecule has 0 aromatic heterocycles. The van der Waals surface area contributed by atoms with Crippen molar-refractivity contribution >= 4 is 47.1 Å². The predicted molar refractivity (Wildman–Crippen MR) is 361 cm³/mol. The molecule has 2 aromatic rings. The number of nitrogens with one attached hydrogen (secondary N) is 2. The Balaban J connectivity index is 0.000000308. The number of hydrogen-bond acceptors (Lipinski definition) is 6. The lowest BCUT2D eigenvalue weighted by atomic mass is 9.88. The minimum atomic E-state index is -0.985. The molecule has 88 heavy (non-hydrogen) atoms. The average Bonchev–Trinajstić information content (AvgIpc) is 3.62. The van der Waals surface area contributed by atoms with Crippen LogP contribution in [0.25, 0.3) is 0 Å². The summed E-state index contributed by atoms with van der Waals surface area (Å²) in [6.07, 6.45) is 39.5. The summed E-state index contributed by atoms with van der Waals surface area (Å²) in [4.78, 5) is 66.8. The zero-order chi connectivity index (χ0) is 65.6. The first-order chi connectivity index (χ1) is 41.5. The number of amides is 2. The van der Waals surface area contributed by atoms with Gasteiger partial charge in [-0.15, -0.1) is 0 Å². The first-order valence-electron chi connectivity index (χ1n) is 30.2. The van der Waals surface area contributed by atoms with Crippen molar-refractivity contribution in [2.45, 2.75) is 174 Å². The number of allylic oxidation sites excluding steroid dienone is 28. The van der Waals surface area contributed by atoms with Crippen LogP contribution in [-0.4, -0.2) is 56.1 Å². The molecule has 0 saturated heterocycles. The number of carboxylic acids is 4. The van der Waals surface area contributed by atoms with Gasteiger partial charge in [0.05, 0.1) is 11.1 Å². The Morgan fingerprint density at radius 2 is 0.614 bits per heavy atom. The maximum atomic E-state index is 12.1. The van der Waals surface area contributed by atoms with Crippen molar-refractivity contribution in [3.05, 3.63) is 245 Å². The fraction of sp³-hybridized carbons (Fsp3) is 0.342. The van der Waals surface area contributed by atoms with Crippen molar-refractivity contribution in [2.24, 2.45) is 0 Å². The highest BCUT2D eigenvalue weighted by Gasteiger charge is 2.15. The number of aliphatic carboxylic acids is 2. The fourth-order valence-corrected chi connectivity index (χ4v) is 10.1. The molecule has 0 fully saturated rings. The number of carboxylic acid groups (broad SMARTS) is 4. The van der Waals surface area contributed by atoms with Crippen LogP contribution in [-0.2, 0) is 19.2 Å². The molecule has 0 aliphatic heterocycles. The highest BCUT2D eigenvalue weighted by Crippen LogP contribution is 2.33. The van der Waals surface area contributed by atoms with Gasteiger partial charge in [-0.1, -0.05) is 94.2 Å². The summed E-state index contributed by atoms with van der Waals surface area (Å²) in [5.41, 5.74) is 24.0. The van der Waals surface area contributed by atoms with E-state index in [4.69, 9.17) is 20.4 Å². The van der Waals surface area contributed by atoms with Crippen LogP contribution in [0.4, 0.5) is 11.4 Å². The van der Waals surface area contributed by atoms with Crippen LogP contribution in [0, 0.1) is 0 Å². The molecule has 4 aliphatic rings. The van der Waals surface area contributed by atoms with Crippen LogP contribution in [0.3, 0.4) is 0 Å². The van der Waals surface area contributed by atoms with E-state index in [1.165, 1.54) is 140 Å². The lowest BCUT2D eigenvalue weighted by Crippen LogP contribution is -2.09. The van der Waals surface area contributed by atoms with Gasteiger partial charge in [-0.3, -0.25) is 9.59 Å². The smallest absolute Gasteiger partial charge is 0.335 e. The molecule has 6 rings (SSSR count). The summed E-state index contributed by atoms with van der Waals surface area (Å²) >= 11 is 0. The second-order valence-electron chi connectivity index (χ2n) is 23.2. The van der Waals surface area contributed by atoms with Gasteiger partial charge in [0.25, 0.3) is 0 Å². The van der Waals surface area contributed by atoms with Crippen LogP contribution in [0.5, 0.6) is 0 Å². The second kappa shape index (κ2) is 37.6. The summed E-state index contributed by atoms with van der Waals surface area (Å²) in [7, 11) is 0. The first-order valence-corrected chi connectivity index (χ1v) is 30.2. The number of anilines is 2. The Bertz CT molecular complexity index is 3200. The molecule has 0 heterocycles. The molecular weight excluding hydrogens is 1100 g/mol. The molecule has 2 amide bonds. The Morgan fingerprint density at radius 3 is 0.864 bits per heavy atom. The number of carbonyl (C=O) groups is 6. The topological polar surface area (TPSA) is 207 Å². The van der Waals surface area contributed by atoms with Crippen molar-refractivity contribution in [1.29, 1.82) is 0 Å². The zero-order valence-electron chi connectivity index (χ0n) is 54.4. The van der Waals surface area contributed by atoms with Gasteiger partial charge in [0.2, 0.25) is 11.8 Å². The third-order valence-corrected chi connectivity index (χ3v) is 15.7. The molecule has 2 aromatic carbocycles. The lowest BCUT2D eigenvalue weighted by molar-refractivity contribution is -0.132. The fourth-order valence-electron chi connectivity index (χ4n) is 10.1. The quantitative estimate of drug-likeness (QED) is 0.0692. The normalized spacial score (nSPS) is 18.5. The Kier molecular flexibility index (Phi) is 31.4. The molecular formula is C76H94N2O10. The number of rotatable bonds is 16. The van der Waals surface area contributed by atoms with E-state index in [1.807, 2.05) is 50.3 Å². The molecule has 0 bridgehead atoms. The first kappa shape index (κ1) is 73.4. The summed E-state index contributed by atoms with van der Waals surface area (Å²) in [5.74, 6) is -4.23. The molecule has 0 radical (unpaired) electrons. The van der Waals surface area contributed by atoms with Crippen molar-refractivity contribution in [3.8, 4) is 0 Å². The van der Waals surface area contributed by atoms with Crippen molar-refractivity contribution < 1.29 is 49.2 Å². The van der Waals surface area contributed by atoms with Gasteiger partial charge >= 0.3 is 23.9 Å². The van der Waals surface area contributed by atoms with E-state index in [0.717, 1.165) is 73.7 Å². The van der Waals surface area contributed by atoms with Crippen LogP contribution in [0.15, 0.2) is 234 Å². The van der Waals surface area contributed by atoms with Gasteiger partial charge in [-0.25, -0.2) is 19.2 Å². The predicted octanol–water partition coefficient (Wildman–Crippen LogP) is 19.4. The number of hydrogen-bond donors (Lipinski definition) is 6. The lowest BCUT2D eigenvalue weighted by Gasteiger charge is -2.18. The van der Waals surface area contributed by atoms with Gasteiger partial charge in [-0.05, 0) is 289 Å². The van der Waals surface area contributed by atoms with Gasteiger partial charge in [0.15, 0.2) is 0 Å². The Hall–Kier alpha value is -8.90. The summed E-state index contributed by atoms with van der Waals surface area (Å²) in [6, 6.07) is 12.2. The number of benzene rings is 2. The molecule has 0 spiro atoms. The average molecular weight is 1200 g/mol. The van der Waals surface area contributed by atoms with Gasteiger partial charge < -0.3 is 31.1 Å². The van der Waals surface area contributed by atoms with E-state index >= 15 is 0 Å². The molecule has 0 saturated carbocycles. The maximum absolute atomic E-state index is 12.1. The summed E-state index contributed by atoms with van der Waals surface area (Å²) in [5, 5.41) is 40.5. The van der Waals surface area contributed by atoms with E-state index < -0.39 is 23.9 Å². The number of carbonyl (C=O) groups excluding carboxylic acids is 2. The minimum Gasteiger partial charge on any atom is -0.478 e. The minimum absolute atomic E-state index is 0.194. The SMILES string of the molecule is CC1=C(C)/C(=C/C(C)=C/C(=O)Nc2ccc(C(=O)O)cc2)CCC1.CC1=C(C)/C(=C/C(C)=C/C=C/C(C)=C/C(=O)O)CCC1.CC1=C(C)/C(=C/C(C)=C\C(=O)Nc2ccc(C(=O)O)cc2)CCC1.CC1=C(C)/C(=C/C(C)=C\C=C\C(C)=C\C(=O)O)CCC1. The van der Waals surface area contributed by atoms with Crippen LogP contribution >= 0.6 is 0 Å². The zero-order valence-corrected chi connectivity index (χ0v) is 54.4. The summed E-state index contributed by atoms with van der Waals surface area (Å²) < 4.78 is 0. The monoisotopic (exact) mass is 1190 g/mol. The molecule has 0 atom stereocenters. The van der Waals surface area contributed by atoms with E-state index in [9.17, 15) is 28.8 Å². The molecule has 468 valence electrons.